The van der Waals surface area contributed by atoms with E-state index in [0.717, 1.165) is 29.2 Å². The molecule has 4 rings (SSSR count). The molecule has 8 nitrogen and oxygen atoms in total. The number of hydrogen-bond acceptors (Lipinski definition) is 7. The van der Waals surface area contributed by atoms with Crippen molar-refractivity contribution in [2.75, 3.05) is 0 Å². The Balaban J connectivity index is 1.27. The Bertz CT molecular complexity index is 1010. The number of rotatable bonds is 9. The highest BCUT2D eigenvalue weighted by molar-refractivity contribution is 5.98. The third kappa shape index (κ3) is 6.12. The average molecular weight is 435 g/mol. The van der Waals surface area contributed by atoms with Crippen LogP contribution in [0.3, 0.4) is 0 Å². The Hall–Kier alpha value is -3.29. The van der Waals surface area contributed by atoms with E-state index in [-0.39, 0.29) is 0 Å². The largest absolute Gasteiger partial charge is 0.469 e. The fourth-order valence-electron chi connectivity index (χ4n) is 3.84. The SMILES string of the molecule is C/C(=N\OCc1ccc(C)cc1)c1ccc(OCc2nnnn2CC2CCCCC2)nc1. The number of pyridine rings is 1. The zero-order chi connectivity index (χ0) is 22.2. The first-order valence-corrected chi connectivity index (χ1v) is 11.2. The summed E-state index contributed by atoms with van der Waals surface area (Å²) in [7, 11) is 0. The predicted molar refractivity (Wildman–Crippen MR) is 121 cm³/mol. The summed E-state index contributed by atoms with van der Waals surface area (Å²) in [6.07, 6.45) is 8.17. The van der Waals surface area contributed by atoms with E-state index < -0.39 is 0 Å². The second-order valence-electron chi connectivity index (χ2n) is 8.39. The van der Waals surface area contributed by atoms with Crippen LogP contribution in [-0.4, -0.2) is 30.9 Å². The van der Waals surface area contributed by atoms with Gasteiger partial charge < -0.3 is 9.57 Å². The van der Waals surface area contributed by atoms with Gasteiger partial charge in [-0.15, -0.1) is 5.10 Å². The van der Waals surface area contributed by atoms with E-state index in [1.807, 2.05) is 35.9 Å². The van der Waals surface area contributed by atoms with Crippen molar-refractivity contribution in [2.45, 2.75) is 65.7 Å². The quantitative estimate of drug-likeness (QED) is 0.365. The Morgan fingerprint density at radius 1 is 1.06 bits per heavy atom. The van der Waals surface area contributed by atoms with Gasteiger partial charge in [-0.1, -0.05) is 54.2 Å². The van der Waals surface area contributed by atoms with Crippen molar-refractivity contribution in [1.29, 1.82) is 0 Å². The molecule has 0 bridgehead atoms. The number of benzene rings is 1. The molecule has 0 saturated heterocycles. The lowest BCUT2D eigenvalue weighted by Crippen LogP contribution is -2.18. The van der Waals surface area contributed by atoms with E-state index in [2.05, 4.69) is 44.7 Å². The van der Waals surface area contributed by atoms with Gasteiger partial charge in [0.2, 0.25) is 5.88 Å². The van der Waals surface area contributed by atoms with Crippen LogP contribution in [0.25, 0.3) is 0 Å². The van der Waals surface area contributed by atoms with E-state index in [0.29, 0.717) is 25.0 Å². The number of tetrazole rings is 1. The lowest BCUT2D eigenvalue weighted by Gasteiger charge is -2.21. The van der Waals surface area contributed by atoms with Crippen LogP contribution < -0.4 is 4.74 Å². The first-order valence-electron chi connectivity index (χ1n) is 11.2. The van der Waals surface area contributed by atoms with Gasteiger partial charge >= 0.3 is 0 Å². The number of ether oxygens (including phenoxy) is 1. The normalized spacial score (nSPS) is 15.0. The minimum Gasteiger partial charge on any atom is -0.469 e. The molecule has 1 aromatic carbocycles. The van der Waals surface area contributed by atoms with E-state index in [1.165, 1.54) is 37.7 Å². The van der Waals surface area contributed by atoms with Gasteiger partial charge in [-0.05, 0) is 54.7 Å². The maximum Gasteiger partial charge on any atom is 0.213 e. The van der Waals surface area contributed by atoms with Crippen molar-refractivity contribution in [3.8, 4) is 5.88 Å². The summed E-state index contributed by atoms with van der Waals surface area (Å²) in [5, 5.41) is 16.3. The van der Waals surface area contributed by atoms with E-state index in [1.54, 1.807) is 6.20 Å². The molecule has 0 aliphatic heterocycles. The van der Waals surface area contributed by atoms with Gasteiger partial charge in [-0.25, -0.2) is 9.67 Å². The van der Waals surface area contributed by atoms with Gasteiger partial charge in [-0.2, -0.15) is 0 Å². The number of nitrogens with zero attached hydrogens (tertiary/aromatic N) is 6. The molecule has 2 heterocycles. The number of hydrogen-bond donors (Lipinski definition) is 0. The number of aromatic nitrogens is 5. The molecule has 0 N–H and O–H groups in total. The standard InChI is InChI=1S/C24H30N6O2/c1-18-8-10-21(11-9-18)16-32-27-19(2)22-12-13-24(25-14-22)31-17-23-26-28-29-30(23)15-20-6-4-3-5-7-20/h8-14,20H,3-7,15-17H2,1-2H3/b27-19+. The van der Waals surface area contributed by atoms with Crippen LogP contribution in [0.15, 0.2) is 47.8 Å². The lowest BCUT2D eigenvalue weighted by molar-refractivity contribution is 0.130. The molecule has 0 radical (unpaired) electrons. The molecule has 1 saturated carbocycles. The summed E-state index contributed by atoms with van der Waals surface area (Å²) in [4.78, 5) is 9.87. The molecule has 2 aromatic heterocycles. The highest BCUT2D eigenvalue weighted by Gasteiger charge is 2.17. The first kappa shape index (κ1) is 21.9. The average Bonchev–Trinajstić information content (AvgIpc) is 3.27. The zero-order valence-corrected chi connectivity index (χ0v) is 18.8. The summed E-state index contributed by atoms with van der Waals surface area (Å²) in [5.74, 6) is 1.90. The molecule has 0 spiro atoms. The maximum atomic E-state index is 5.82. The predicted octanol–water partition coefficient (Wildman–Crippen LogP) is 4.48. The minimum absolute atomic E-state index is 0.290. The first-order chi connectivity index (χ1) is 15.7. The van der Waals surface area contributed by atoms with Crippen LogP contribution in [0.2, 0.25) is 0 Å². The van der Waals surface area contributed by atoms with Crippen molar-refractivity contribution in [3.63, 3.8) is 0 Å². The molecule has 8 heteroatoms. The molecule has 168 valence electrons. The van der Waals surface area contributed by atoms with Crippen LogP contribution in [-0.2, 0) is 24.6 Å². The Morgan fingerprint density at radius 2 is 1.88 bits per heavy atom. The maximum absolute atomic E-state index is 5.82. The molecule has 0 unspecified atom stereocenters. The zero-order valence-electron chi connectivity index (χ0n) is 18.8. The van der Waals surface area contributed by atoms with Gasteiger partial charge in [0.1, 0.15) is 6.61 Å². The molecule has 0 atom stereocenters. The van der Waals surface area contributed by atoms with Gasteiger partial charge in [0.25, 0.3) is 0 Å². The Kier molecular flexibility index (Phi) is 7.42. The van der Waals surface area contributed by atoms with Crippen LogP contribution in [0.1, 0.15) is 61.5 Å². The second-order valence-corrected chi connectivity index (χ2v) is 8.39. The number of oxime groups is 1. The van der Waals surface area contributed by atoms with Crippen molar-refractivity contribution < 1.29 is 9.57 Å². The fraction of sp³-hybridized carbons (Fsp3) is 0.458. The van der Waals surface area contributed by atoms with Crippen molar-refractivity contribution >= 4 is 5.71 Å². The third-order valence-corrected chi connectivity index (χ3v) is 5.82. The van der Waals surface area contributed by atoms with Crippen LogP contribution in [0.4, 0.5) is 0 Å². The molecule has 0 amide bonds. The topological polar surface area (TPSA) is 87.3 Å². The van der Waals surface area contributed by atoms with E-state index in [9.17, 15) is 0 Å². The lowest BCUT2D eigenvalue weighted by atomic mass is 9.89. The fourth-order valence-corrected chi connectivity index (χ4v) is 3.84. The highest BCUT2D eigenvalue weighted by atomic mass is 16.6. The smallest absolute Gasteiger partial charge is 0.213 e. The summed E-state index contributed by atoms with van der Waals surface area (Å²) in [6.45, 7) is 5.54. The molecule has 1 aliphatic rings. The molecule has 1 fully saturated rings. The second kappa shape index (κ2) is 10.8. The van der Waals surface area contributed by atoms with Gasteiger partial charge in [0.15, 0.2) is 12.4 Å². The minimum atomic E-state index is 0.290. The molecule has 32 heavy (non-hydrogen) atoms. The van der Waals surface area contributed by atoms with Crippen molar-refractivity contribution in [2.24, 2.45) is 11.1 Å². The molecule has 3 aromatic rings. The highest BCUT2D eigenvalue weighted by Crippen LogP contribution is 2.25. The summed E-state index contributed by atoms with van der Waals surface area (Å²) in [5.41, 5.74) is 3.94. The molecular formula is C24H30N6O2. The van der Waals surface area contributed by atoms with E-state index in [4.69, 9.17) is 9.57 Å². The van der Waals surface area contributed by atoms with Crippen molar-refractivity contribution in [1.82, 2.24) is 25.2 Å². The third-order valence-electron chi connectivity index (χ3n) is 5.82. The molecule has 1 aliphatic carbocycles. The van der Waals surface area contributed by atoms with Gasteiger partial charge in [-0.3, -0.25) is 0 Å². The number of aryl methyl sites for hydroxylation is 1. The summed E-state index contributed by atoms with van der Waals surface area (Å²) in [6, 6.07) is 11.9. The van der Waals surface area contributed by atoms with Crippen molar-refractivity contribution in [3.05, 3.63) is 65.1 Å². The van der Waals surface area contributed by atoms with Gasteiger partial charge in [0, 0.05) is 24.4 Å². The summed E-state index contributed by atoms with van der Waals surface area (Å²) < 4.78 is 7.69. The van der Waals surface area contributed by atoms with E-state index >= 15 is 0 Å². The summed E-state index contributed by atoms with van der Waals surface area (Å²) >= 11 is 0. The Labute approximate surface area is 188 Å². The monoisotopic (exact) mass is 434 g/mol. The van der Waals surface area contributed by atoms with Crippen LogP contribution >= 0.6 is 0 Å². The van der Waals surface area contributed by atoms with Crippen LogP contribution in [0, 0.1) is 12.8 Å². The van der Waals surface area contributed by atoms with Gasteiger partial charge in [0.05, 0.1) is 5.71 Å². The Morgan fingerprint density at radius 3 is 2.62 bits per heavy atom. The van der Waals surface area contributed by atoms with Crippen LogP contribution in [0.5, 0.6) is 5.88 Å². The molecular weight excluding hydrogens is 404 g/mol.